The second-order valence-electron chi connectivity index (χ2n) is 4.79. The van der Waals surface area contributed by atoms with Gasteiger partial charge in [-0.1, -0.05) is 0 Å². The lowest BCUT2D eigenvalue weighted by molar-refractivity contribution is -0.143. The second kappa shape index (κ2) is 6.23. The van der Waals surface area contributed by atoms with Crippen LogP contribution in [0.3, 0.4) is 0 Å². The highest BCUT2D eigenvalue weighted by Gasteiger charge is 2.23. The Hall–Kier alpha value is -1.93. The van der Waals surface area contributed by atoms with Crippen LogP contribution in [0.4, 0.5) is 5.69 Å². The van der Waals surface area contributed by atoms with Crippen molar-refractivity contribution in [1.29, 1.82) is 0 Å². The third-order valence-corrected chi connectivity index (χ3v) is 4.27. The zero-order valence-corrected chi connectivity index (χ0v) is 12.4. The molecule has 0 atom stereocenters. The molecule has 0 aliphatic carbocycles. The molecule has 0 bridgehead atoms. The fraction of sp³-hybridized carbons (Fsp3) is 0.385. The van der Waals surface area contributed by atoms with Crippen LogP contribution in [0.2, 0.25) is 0 Å². The lowest BCUT2D eigenvalue weighted by atomic mass is 10.3. The van der Waals surface area contributed by atoms with Gasteiger partial charge < -0.3 is 15.5 Å². The van der Waals surface area contributed by atoms with Gasteiger partial charge in [-0.15, -0.1) is 0 Å². The molecule has 1 aliphatic rings. The molecule has 1 saturated heterocycles. The van der Waals surface area contributed by atoms with Crippen LogP contribution in [-0.2, 0) is 19.4 Å². The average molecular weight is 311 g/mol. The molecule has 1 aliphatic heterocycles. The summed E-state index contributed by atoms with van der Waals surface area (Å²) in [4.78, 5) is 25.4. The maximum absolute atomic E-state index is 11.9. The normalized spacial score (nSPS) is 15.6. The van der Waals surface area contributed by atoms with E-state index in [0.717, 1.165) is 6.26 Å². The second-order valence-corrected chi connectivity index (χ2v) is 6.81. The number of nitrogens with one attached hydrogen (secondary N) is 2. The molecule has 2 rings (SSSR count). The number of hydrogen-bond acceptors (Lipinski definition) is 5. The highest BCUT2D eigenvalue weighted by molar-refractivity contribution is 7.90. The molecule has 1 fully saturated rings. The number of carbonyl (C=O) groups excluding carboxylic acids is 2. The molecule has 8 heteroatoms. The molecule has 7 nitrogen and oxygen atoms in total. The quantitative estimate of drug-likeness (QED) is 0.715. The van der Waals surface area contributed by atoms with E-state index in [1.54, 1.807) is 0 Å². The van der Waals surface area contributed by atoms with E-state index in [4.69, 9.17) is 0 Å². The van der Waals surface area contributed by atoms with Gasteiger partial charge in [0.2, 0.25) is 0 Å². The molecule has 0 unspecified atom stereocenters. The van der Waals surface area contributed by atoms with Gasteiger partial charge in [-0.05, 0) is 24.3 Å². The zero-order chi connectivity index (χ0) is 15.5. The van der Waals surface area contributed by atoms with Crippen molar-refractivity contribution in [3.63, 3.8) is 0 Å². The summed E-state index contributed by atoms with van der Waals surface area (Å²) in [6.45, 7) is 2.34. The first-order valence-corrected chi connectivity index (χ1v) is 8.38. The van der Waals surface area contributed by atoms with E-state index in [2.05, 4.69) is 10.6 Å². The summed E-state index contributed by atoms with van der Waals surface area (Å²) >= 11 is 0. The maximum atomic E-state index is 11.9. The minimum Gasteiger partial charge on any atom is -0.332 e. The van der Waals surface area contributed by atoms with Crippen molar-refractivity contribution in [2.24, 2.45) is 0 Å². The Balaban J connectivity index is 2.00. The van der Waals surface area contributed by atoms with Gasteiger partial charge >= 0.3 is 11.8 Å². The number of rotatable bonds is 2. The Morgan fingerprint density at radius 2 is 1.71 bits per heavy atom. The first kappa shape index (κ1) is 15.5. The van der Waals surface area contributed by atoms with Gasteiger partial charge in [0.15, 0.2) is 9.84 Å². The third-order valence-electron chi connectivity index (χ3n) is 3.14. The molecule has 1 aromatic rings. The molecule has 1 heterocycles. The van der Waals surface area contributed by atoms with Crippen LogP contribution < -0.4 is 10.6 Å². The van der Waals surface area contributed by atoms with Gasteiger partial charge in [-0.3, -0.25) is 9.59 Å². The van der Waals surface area contributed by atoms with Crippen LogP contribution in [0.1, 0.15) is 0 Å². The summed E-state index contributed by atoms with van der Waals surface area (Å²) in [5.41, 5.74) is 0.385. The number of nitrogens with zero attached hydrogens (tertiary/aromatic N) is 1. The Morgan fingerprint density at radius 3 is 2.24 bits per heavy atom. The van der Waals surface area contributed by atoms with E-state index in [1.807, 2.05) is 0 Å². The average Bonchev–Trinajstić information content (AvgIpc) is 2.47. The summed E-state index contributed by atoms with van der Waals surface area (Å²) < 4.78 is 22.7. The van der Waals surface area contributed by atoms with E-state index in [-0.39, 0.29) is 4.90 Å². The Bertz CT molecular complexity index is 634. The molecule has 2 N–H and O–H groups in total. The summed E-state index contributed by atoms with van der Waals surface area (Å²) in [6, 6.07) is 5.69. The van der Waals surface area contributed by atoms with Crippen LogP contribution in [-0.4, -0.2) is 57.6 Å². The summed E-state index contributed by atoms with van der Waals surface area (Å²) in [5, 5.41) is 5.57. The summed E-state index contributed by atoms with van der Waals surface area (Å²) in [7, 11) is -3.28. The van der Waals surface area contributed by atoms with Crippen molar-refractivity contribution < 1.29 is 18.0 Å². The van der Waals surface area contributed by atoms with Crippen LogP contribution in [0.25, 0.3) is 0 Å². The van der Waals surface area contributed by atoms with Crippen molar-refractivity contribution in [2.45, 2.75) is 4.90 Å². The zero-order valence-electron chi connectivity index (χ0n) is 11.6. The van der Waals surface area contributed by atoms with Gasteiger partial charge in [-0.25, -0.2) is 8.42 Å². The topological polar surface area (TPSA) is 95.6 Å². The predicted octanol–water partition coefficient (Wildman–Crippen LogP) is -0.540. The molecule has 0 radical (unpaired) electrons. The third kappa shape index (κ3) is 4.02. The Kier molecular flexibility index (Phi) is 4.59. The summed E-state index contributed by atoms with van der Waals surface area (Å²) in [6.07, 6.45) is 1.11. The summed E-state index contributed by atoms with van der Waals surface area (Å²) in [5.74, 6) is -1.30. The SMILES string of the molecule is CS(=O)(=O)c1ccc(NC(=O)C(=O)N2CCNCC2)cc1. The van der Waals surface area contributed by atoms with Crippen molar-refractivity contribution in [3.8, 4) is 0 Å². The molecular formula is C13H17N3O4S. The Morgan fingerprint density at radius 1 is 1.14 bits per heavy atom. The molecule has 21 heavy (non-hydrogen) atoms. The predicted molar refractivity (Wildman–Crippen MR) is 77.6 cm³/mol. The minimum absolute atomic E-state index is 0.161. The number of carbonyl (C=O) groups is 2. The van der Waals surface area contributed by atoms with Gasteiger partial charge in [0.05, 0.1) is 4.90 Å². The van der Waals surface area contributed by atoms with Gasteiger partial charge in [0, 0.05) is 38.1 Å². The standard InChI is InChI=1S/C13H17N3O4S/c1-21(19,20)11-4-2-10(3-5-11)15-12(17)13(18)16-8-6-14-7-9-16/h2-5,14H,6-9H2,1H3,(H,15,17). The van der Waals surface area contributed by atoms with Gasteiger partial charge in [0.25, 0.3) is 0 Å². The molecular weight excluding hydrogens is 294 g/mol. The van der Waals surface area contributed by atoms with E-state index in [9.17, 15) is 18.0 Å². The maximum Gasteiger partial charge on any atom is 0.313 e. The van der Waals surface area contributed by atoms with Crippen molar-refractivity contribution in [3.05, 3.63) is 24.3 Å². The number of sulfone groups is 1. The van der Waals surface area contributed by atoms with Crippen molar-refractivity contribution in [1.82, 2.24) is 10.2 Å². The largest absolute Gasteiger partial charge is 0.332 e. The first-order valence-electron chi connectivity index (χ1n) is 6.49. The van der Waals surface area contributed by atoms with E-state index in [0.29, 0.717) is 31.9 Å². The number of anilines is 1. The lowest BCUT2D eigenvalue weighted by Gasteiger charge is -2.26. The van der Waals surface area contributed by atoms with Gasteiger partial charge in [0.1, 0.15) is 0 Å². The molecule has 114 valence electrons. The van der Waals surface area contributed by atoms with E-state index >= 15 is 0 Å². The lowest BCUT2D eigenvalue weighted by Crippen LogP contribution is -2.49. The van der Waals surface area contributed by atoms with Crippen LogP contribution >= 0.6 is 0 Å². The fourth-order valence-electron chi connectivity index (χ4n) is 1.98. The number of hydrogen-bond donors (Lipinski definition) is 2. The molecule has 0 saturated carbocycles. The highest BCUT2D eigenvalue weighted by Crippen LogP contribution is 2.14. The first-order chi connectivity index (χ1) is 9.88. The number of piperazine rings is 1. The number of amides is 2. The minimum atomic E-state index is -3.28. The van der Waals surface area contributed by atoms with Crippen LogP contribution in [0.5, 0.6) is 0 Å². The van der Waals surface area contributed by atoms with E-state index in [1.165, 1.54) is 29.2 Å². The fourth-order valence-corrected chi connectivity index (χ4v) is 2.61. The van der Waals surface area contributed by atoms with Crippen molar-refractivity contribution >= 4 is 27.3 Å². The molecule has 0 spiro atoms. The van der Waals surface area contributed by atoms with Crippen molar-refractivity contribution in [2.75, 3.05) is 37.8 Å². The van der Waals surface area contributed by atoms with E-state index < -0.39 is 21.7 Å². The number of benzene rings is 1. The monoisotopic (exact) mass is 311 g/mol. The van der Waals surface area contributed by atoms with Gasteiger partial charge in [-0.2, -0.15) is 0 Å². The Labute approximate surface area is 123 Å². The van der Waals surface area contributed by atoms with Crippen LogP contribution in [0.15, 0.2) is 29.2 Å². The van der Waals surface area contributed by atoms with Crippen LogP contribution in [0, 0.1) is 0 Å². The molecule has 0 aromatic heterocycles. The molecule has 2 amide bonds. The molecule has 1 aromatic carbocycles. The smallest absolute Gasteiger partial charge is 0.313 e. The highest BCUT2D eigenvalue weighted by atomic mass is 32.2.